The smallest absolute Gasteiger partial charge is 0.226 e. The first kappa shape index (κ1) is 15.5. The summed E-state index contributed by atoms with van der Waals surface area (Å²) < 4.78 is 0. The average molecular weight is 233 g/mol. The summed E-state index contributed by atoms with van der Waals surface area (Å²) in [5.41, 5.74) is 3.76. The summed E-state index contributed by atoms with van der Waals surface area (Å²) in [4.78, 5) is 13.5. The van der Waals surface area contributed by atoms with Gasteiger partial charge in [0.25, 0.3) is 0 Å². The molecule has 1 amide bonds. The molecule has 1 aliphatic rings. The number of nitrogens with zero attached hydrogens (tertiary/aromatic N) is 1. The summed E-state index contributed by atoms with van der Waals surface area (Å²) in [6.07, 6.45) is 13.9. The van der Waals surface area contributed by atoms with Gasteiger partial charge in [0.05, 0.1) is 0 Å². The number of amides is 1. The van der Waals surface area contributed by atoms with Crippen molar-refractivity contribution in [3.63, 3.8) is 0 Å². The number of carbonyl (C=O) groups is 1. The van der Waals surface area contributed by atoms with E-state index in [9.17, 15) is 4.79 Å². The first-order valence-electron chi connectivity index (χ1n) is 6.03. The van der Waals surface area contributed by atoms with Crippen molar-refractivity contribution >= 4 is 5.91 Å². The third kappa shape index (κ3) is 4.48. The molecule has 94 valence electrons. The Labute approximate surface area is 105 Å². The molecule has 0 unspecified atom stereocenters. The van der Waals surface area contributed by atoms with Gasteiger partial charge < -0.3 is 4.90 Å². The van der Waals surface area contributed by atoms with E-state index in [4.69, 9.17) is 0 Å². The Morgan fingerprint density at radius 3 is 2.53 bits per heavy atom. The third-order valence-electron chi connectivity index (χ3n) is 3.06. The second-order valence-electron chi connectivity index (χ2n) is 4.32. The van der Waals surface area contributed by atoms with Gasteiger partial charge in [0.2, 0.25) is 5.91 Å². The van der Waals surface area contributed by atoms with Crippen LogP contribution in [0, 0.1) is 12.8 Å². The summed E-state index contributed by atoms with van der Waals surface area (Å²) in [5.74, 6) is 0.238. The Kier molecular flexibility index (Phi) is 7.05. The van der Waals surface area contributed by atoms with E-state index in [0.717, 1.165) is 25.0 Å². The Hall–Kier alpha value is -1.49. The van der Waals surface area contributed by atoms with Crippen molar-refractivity contribution in [2.24, 2.45) is 0 Å². The molecule has 0 bridgehead atoms. The Balaban J connectivity index is 0.00000121. The number of terminal acetylenes is 1. The molecule has 0 aliphatic carbocycles. The van der Waals surface area contributed by atoms with Crippen molar-refractivity contribution in [3.8, 4) is 12.8 Å². The molecule has 0 saturated heterocycles. The summed E-state index contributed by atoms with van der Waals surface area (Å²) in [6.45, 7) is 6.38. The zero-order valence-corrected chi connectivity index (χ0v) is 11.4. The largest absolute Gasteiger partial charge is 0.316 e. The monoisotopic (exact) mass is 233 g/mol. The minimum Gasteiger partial charge on any atom is -0.316 e. The number of rotatable bonds is 2. The zero-order valence-electron chi connectivity index (χ0n) is 11.4. The Morgan fingerprint density at radius 2 is 2.00 bits per heavy atom. The van der Waals surface area contributed by atoms with E-state index in [2.05, 4.69) is 39.7 Å². The highest BCUT2D eigenvalue weighted by atomic mass is 16.2. The second kappa shape index (κ2) is 7.73. The third-order valence-corrected chi connectivity index (χ3v) is 3.06. The van der Waals surface area contributed by atoms with Crippen LogP contribution in [-0.4, -0.2) is 17.9 Å². The van der Waals surface area contributed by atoms with Gasteiger partial charge in [0.1, 0.15) is 0 Å². The Morgan fingerprint density at radius 1 is 1.41 bits per heavy atom. The molecule has 0 radical (unpaired) electrons. The molecule has 0 spiro atoms. The number of likely N-dealkylation sites (N-methyl/N-ethyl adjacent to an activating group) is 1. The molecule has 0 aromatic heterocycles. The van der Waals surface area contributed by atoms with E-state index in [1.807, 2.05) is 11.9 Å². The minimum absolute atomic E-state index is 0.238. The van der Waals surface area contributed by atoms with Gasteiger partial charge >= 0.3 is 0 Å². The van der Waals surface area contributed by atoms with Gasteiger partial charge in [-0.3, -0.25) is 4.79 Å². The van der Waals surface area contributed by atoms with Crippen molar-refractivity contribution in [1.82, 2.24) is 4.90 Å². The van der Waals surface area contributed by atoms with Crippen LogP contribution in [0.4, 0.5) is 0 Å². The fourth-order valence-corrected chi connectivity index (χ4v) is 1.78. The highest BCUT2D eigenvalue weighted by molar-refractivity contribution is 5.79. The highest BCUT2D eigenvalue weighted by Crippen LogP contribution is 2.23. The summed E-state index contributed by atoms with van der Waals surface area (Å²) in [5, 5.41) is 0. The molecule has 1 aliphatic heterocycles. The topological polar surface area (TPSA) is 20.3 Å². The van der Waals surface area contributed by atoms with Gasteiger partial charge in [0, 0.05) is 19.2 Å². The lowest BCUT2D eigenvalue weighted by atomic mass is 10.1. The van der Waals surface area contributed by atoms with Gasteiger partial charge in [-0.15, -0.1) is 12.8 Å². The quantitative estimate of drug-likeness (QED) is 0.668. The zero-order chi connectivity index (χ0) is 13.4. The van der Waals surface area contributed by atoms with E-state index in [1.165, 1.54) is 11.1 Å². The van der Waals surface area contributed by atoms with Crippen molar-refractivity contribution in [3.05, 3.63) is 22.9 Å². The van der Waals surface area contributed by atoms with Gasteiger partial charge in [-0.25, -0.2) is 0 Å². The van der Waals surface area contributed by atoms with Gasteiger partial charge in [-0.1, -0.05) is 12.5 Å². The maximum atomic E-state index is 11.7. The van der Waals surface area contributed by atoms with Crippen LogP contribution in [0.1, 0.15) is 46.5 Å². The molecule has 0 atom stereocenters. The second-order valence-corrected chi connectivity index (χ2v) is 4.32. The van der Waals surface area contributed by atoms with Gasteiger partial charge in [-0.2, -0.15) is 0 Å². The van der Waals surface area contributed by atoms with Crippen LogP contribution >= 0.6 is 0 Å². The predicted molar refractivity (Wildman–Crippen MR) is 73.3 cm³/mol. The fourth-order valence-electron chi connectivity index (χ4n) is 1.78. The molecule has 0 fully saturated rings. The molecule has 0 N–H and O–H groups in total. The number of carbonyl (C=O) groups excluding carboxylic acids is 1. The van der Waals surface area contributed by atoms with Crippen LogP contribution in [0.2, 0.25) is 0 Å². The standard InChI is InChI=1S/C13H21NO.C2H2/c1-5-10(2)9-12-11(3)7-6-8-13(15)14(12)4;1-2/h9H,5-8H2,1-4H3;1-2H/b10-9+;. The molecular formula is C15H23NO. The lowest BCUT2D eigenvalue weighted by Crippen LogP contribution is -2.24. The Bertz CT molecular complexity index is 347. The average Bonchev–Trinajstić information content (AvgIpc) is 2.46. The molecule has 2 nitrogen and oxygen atoms in total. The first-order valence-corrected chi connectivity index (χ1v) is 6.03. The van der Waals surface area contributed by atoms with Crippen molar-refractivity contribution in [2.45, 2.75) is 46.5 Å². The molecule has 1 rings (SSSR count). The number of allylic oxidation sites excluding steroid dienone is 3. The lowest BCUT2D eigenvalue weighted by molar-refractivity contribution is -0.127. The van der Waals surface area contributed by atoms with Crippen LogP contribution in [0.15, 0.2) is 22.9 Å². The maximum absolute atomic E-state index is 11.7. The van der Waals surface area contributed by atoms with Gasteiger partial charge in [0.15, 0.2) is 0 Å². The fraction of sp³-hybridized carbons (Fsp3) is 0.533. The van der Waals surface area contributed by atoms with Gasteiger partial charge in [-0.05, 0) is 44.8 Å². The summed E-state index contributed by atoms with van der Waals surface area (Å²) in [7, 11) is 1.88. The number of hydrogen-bond acceptors (Lipinski definition) is 1. The first-order chi connectivity index (χ1) is 8.06. The minimum atomic E-state index is 0.238. The molecular weight excluding hydrogens is 210 g/mol. The molecule has 0 aromatic carbocycles. The van der Waals surface area contributed by atoms with E-state index in [1.54, 1.807) is 0 Å². The molecule has 0 saturated carbocycles. The van der Waals surface area contributed by atoms with Crippen LogP contribution in [0.25, 0.3) is 0 Å². The van der Waals surface area contributed by atoms with Crippen LogP contribution < -0.4 is 0 Å². The normalized spacial score (nSPS) is 17.4. The predicted octanol–water partition coefficient (Wildman–Crippen LogP) is 3.51. The summed E-state index contributed by atoms with van der Waals surface area (Å²) >= 11 is 0. The molecule has 1 heterocycles. The van der Waals surface area contributed by atoms with Crippen LogP contribution in [0.3, 0.4) is 0 Å². The molecule has 0 aromatic rings. The van der Waals surface area contributed by atoms with E-state index < -0.39 is 0 Å². The number of hydrogen-bond donors (Lipinski definition) is 0. The highest BCUT2D eigenvalue weighted by Gasteiger charge is 2.17. The summed E-state index contributed by atoms with van der Waals surface area (Å²) in [6, 6.07) is 0. The van der Waals surface area contributed by atoms with Crippen molar-refractivity contribution in [1.29, 1.82) is 0 Å². The van der Waals surface area contributed by atoms with E-state index >= 15 is 0 Å². The molecule has 17 heavy (non-hydrogen) atoms. The van der Waals surface area contributed by atoms with Crippen molar-refractivity contribution < 1.29 is 4.79 Å². The van der Waals surface area contributed by atoms with Crippen LogP contribution in [-0.2, 0) is 4.79 Å². The van der Waals surface area contributed by atoms with E-state index in [0.29, 0.717) is 6.42 Å². The molecule has 2 heteroatoms. The van der Waals surface area contributed by atoms with Crippen molar-refractivity contribution in [2.75, 3.05) is 7.05 Å². The lowest BCUT2D eigenvalue weighted by Gasteiger charge is -2.18. The maximum Gasteiger partial charge on any atom is 0.226 e. The van der Waals surface area contributed by atoms with E-state index in [-0.39, 0.29) is 5.91 Å². The SMILES string of the molecule is C#C.CC/C(C)=C/C1=C(C)CCCC(=O)N1C. The van der Waals surface area contributed by atoms with Crippen LogP contribution in [0.5, 0.6) is 0 Å².